The van der Waals surface area contributed by atoms with Gasteiger partial charge in [0.25, 0.3) is 0 Å². The van der Waals surface area contributed by atoms with E-state index in [2.05, 4.69) is 10.3 Å². The highest BCUT2D eigenvalue weighted by atomic mass is 32.2. The third kappa shape index (κ3) is 3.97. The maximum Gasteiger partial charge on any atom is 0.326 e. The van der Waals surface area contributed by atoms with Crippen molar-refractivity contribution >= 4 is 34.8 Å². The molecule has 0 unspecified atom stereocenters. The number of carbonyl (C=O) groups excluding carboxylic acids is 1. The maximum absolute atomic E-state index is 11.9. The number of carboxylic acid groups (broad SMARTS) is 2. The number of fused-ring (bicyclic) bond motifs is 1. The Morgan fingerprint density at radius 3 is 2.86 bits per heavy atom. The summed E-state index contributed by atoms with van der Waals surface area (Å²) in [6.07, 6.45) is -0.387. The van der Waals surface area contributed by atoms with Crippen molar-refractivity contribution in [2.45, 2.75) is 25.3 Å². The quantitative estimate of drug-likeness (QED) is 0.608. The normalized spacial score (nSPS) is 17.8. The lowest BCUT2D eigenvalue weighted by Gasteiger charge is -2.18. The standard InChI is InChI=1S/C12H15N3O5S/c16-9(14-8(11(19)20)1-2-10(17)18)5-7-6-21-12-13-3-4-15(7)12/h6,8H,1-5H2,(H,14,16)(H,17,18)(H,19,20)/t8-/m0/s1. The zero-order chi connectivity index (χ0) is 15.4. The van der Waals surface area contributed by atoms with Crippen LogP contribution < -0.4 is 5.32 Å². The Morgan fingerprint density at radius 1 is 1.43 bits per heavy atom. The molecule has 0 aromatic carbocycles. The number of amidine groups is 1. The first-order chi connectivity index (χ1) is 9.97. The van der Waals surface area contributed by atoms with E-state index in [4.69, 9.17) is 10.2 Å². The van der Waals surface area contributed by atoms with Crippen molar-refractivity contribution in [1.82, 2.24) is 10.2 Å². The molecule has 2 heterocycles. The lowest BCUT2D eigenvalue weighted by atomic mass is 10.1. The van der Waals surface area contributed by atoms with Gasteiger partial charge in [0.2, 0.25) is 5.91 Å². The van der Waals surface area contributed by atoms with E-state index in [0.717, 1.165) is 17.4 Å². The molecule has 0 fully saturated rings. The number of hydrogen-bond acceptors (Lipinski definition) is 6. The van der Waals surface area contributed by atoms with Gasteiger partial charge in [-0.25, -0.2) is 4.79 Å². The molecule has 1 atom stereocenters. The summed E-state index contributed by atoms with van der Waals surface area (Å²) >= 11 is 1.44. The van der Waals surface area contributed by atoms with Crippen LogP contribution in [0.25, 0.3) is 0 Å². The van der Waals surface area contributed by atoms with Gasteiger partial charge in [-0.1, -0.05) is 11.8 Å². The molecular weight excluding hydrogens is 298 g/mol. The molecule has 0 aromatic rings. The van der Waals surface area contributed by atoms with Gasteiger partial charge in [-0.05, 0) is 11.8 Å². The number of carbonyl (C=O) groups is 3. The minimum Gasteiger partial charge on any atom is -0.481 e. The number of hydrogen-bond donors (Lipinski definition) is 3. The second kappa shape index (κ2) is 6.61. The average Bonchev–Trinajstić information content (AvgIpc) is 2.99. The number of rotatable bonds is 7. The molecule has 8 nitrogen and oxygen atoms in total. The van der Waals surface area contributed by atoms with Crippen molar-refractivity contribution in [1.29, 1.82) is 0 Å². The Kier molecular flexibility index (Phi) is 4.84. The van der Waals surface area contributed by atoms with Gasteiger partial charge in [0.1, 0.15) is 6.04 Å². The van der Waals surface area contributed by atoms with E-state index in [9.17, 15) is 14.4 Å². The first-order valence-corrected chi connectivity index (χ1v) is 7.27. The molecule has 9 heteroatoms. The fourth-order valence-electron chi connectivity index (χ4n) is 2.05. The Hall–Kier alpha value is -2.03. The van der Waals surface area contributed by atoms with Crippen molar-refractivity contribution in [3.63, 3.8) is 0 Å². The summed E-state index contributed by atoms with van der Waals surface area (Å²) < 4.78 is 0. The van der Waals surface area contributed by atoms with Crippen LogP contribution in [0.4, 0.5) is 0 Å². The van der Waals surface area contributed by atoms with Crippen LogP contribution in [0.15, 0.2) is 16.1 Å². The van der Waals surface area contributed by atoms with Crippen LogP contribution in [0.1, 0.15) is 19.3 Å². The zero-order valence-electron chi connectivity index (χ0n) is 11.1. The molecule has 0 spiro atoms. The number of carboxylic acids is 2. The van der Waals surface area contributed by atoms with Crippen LogP contribution in [-0.4, -0.2) is 57.3 Å². The number of nitrogens with one attached hydrogen (secondary N) is 1. The fraction of sp³-hybridized carbons (Fsp3) is 0.500. The van der Waals surface area contributed by atoms with E-state index in [-0.39, 0.29) is 19.3 Å². The Labute approximate surface area is 124 Å². The average molecular weight is 313 g/mol. The fourth-order valence-corrected chi connectivity index (χ4v) is 3.00. The van der Waals surface area contributed by atoms with Crippen LogP contribution in [0, 0.1) is 0 Å². The van der Waals surface area contributed by atoms with E-state index in [1.165, 1.54) is 11.8 Å². The lowest BCUT2D eigenvalue weighted by Crippen LogP contribution is -2.41. The molecule has 0 bridgehead atoms. The van der Waals surface area contributed by atoms with Gasteiger partial charge in [-0.15, -0.1) is 0 Å². The van der Waals surface area contributed by atoms with Crippen LogP contribution in [-0.2, 0) is 14.4 Å². The summed E-state index contributed by atoms with van der Waals surface area (Å²) in [4.78, 5) is 39.6. The van der Waals surface area contributed by atoms with Crippen molar-refractivity contribution < 1.29 is 24.6 Å². The third-order valence-corrected chi connectivity index (χ3v) is 4.02. The molecule has 1 amide bonds. The predicted molar refractivity (Wildman–Crippen MR) is 75.7 cm³/mol. The van der Waals surface area contributed by atoms with E-state index in [1.54, 1.807) is 0 Å². The molecule has 0 aliphatic carbocycles. The van der Waals surface area contributed by atoms with Crippen LogP contribution in [0.3, 0.4) is 0 Å². The van der Waals surface area contributed by atoms with Crippen molar-refractivity contribution in [2.24, 2.45) is 4.99 Å². The Balaban J connectivity index is 1.86. The molecule has 21 heavy (non-hydrogen) atoms. The van der Waals surface area contributed by atoms with Gasteiger partial charge < -0.3 is 20.4 Å². The first kappa shape index (κ1) is 15.4. The molecule has 0 saturated heterocycles. The van der Waals surface area contributed by atoms with E-state index >= 15 is 0 Å². The summed E-state index contributed by atoms with van der Waals surface area (Å²) in [5.41, 5.74) is 0.788. The van der Waals surface area contributed by atoms with Gasteiger partial charge in [0.05, 0.1) is 13.0 Å². The number of thioether (sulfide) groups is 1. The summed E-state index contributed by atoms with van der Waals surface area (Å²) in [5, 5.41) is 22.6. The molecule has 2 aliphatic heterocycles. The number of nitrogens with zero attached hydrogens (tertiary/aromatic N) is 2. The minimum absolute atomic E-state index is 0.0584. The number of aliphatic carboxylic acids is 2. The van der Waals surface area contributed by atoms with Crippen molar-refractivity contribution in [2.75, 3.05) is 13.1 Å². The highest BCUT2D eigenvalue weighted by Crippen LogP contribution is 2.30. The second-order valence-corrected chi connectivity index (χ2v) is 5.45. The Morgan fingerprint density at radius 2 is 2.19 bits per heavy atom. The topological polar surface area (TPSA) is 119 Å². The van der Waals surface area contributed by atoms with Gasteiger partial charge in [-0.2, -0.15) is 0 Å². The highest BCUT2D eigenvalue weighted by molar-refractivity contribution is 8.16. The molecule has 3 N–H and O–H groups in total. The molecule has 0 saturated carbocycles. The van der Waals surface area contributed by atoms with E-state index in [1.807, 2.05) is 10.3 Å². The molecular formula is C12H15N3O5S. The Bertz CT molecular complexity index is 531. The summed E-state index contributed by atoms with van der Waals surface area (Å²) in [6.45, 7) is 1.42. The lowest BCUT2D eigenvalue weighted by molar-refractivity contribution is -0.143. The predicted octanol–water partition coefficient (Wildman–Crippen LogP) is 0.0705. The smallest absolute Gasteiger partial charge is 0.326 e. The SMILES string of the molecule is O=C(O)CC[C@H](NC(=O)CC1=CSC2=NCCN12)C(=O)O. The van der Waals surface area contributed by atoms with Crippen molar-refractivity contribution in [3.05, 3.63) is 11.1 Å². The largest absolute Gasteiger partial charge is 0.481 e. The van der Waals surface area contributed by atoms with Crippen molar-refractivity contribution in [3.8, 4) is 0 Å². The number of amides is 1. The molecule has 2 rings (SSSR count). The monoisotopic (exact) mass is 313 g/mol. The van der Waals surface area contributed by atoms with Crippen LogP contribution in [0.5, 0.6) is 0 Å². The van der Waals surface area contributed by atoms with Crippen LogP contribution >= 0.6 is 11.8 Å². The second-order valence-electron chi connectivity index (χ2n) is 4.61. The highest BCUT2D eigenvalue weighted by Gasteiger charge is 2.28. The van der Waals surface area contributed by atoms with Crippen LogP contribution in [0.2, 0.25) is 0 Å². The molecule has 0 radical (unpaired) electrons. The first-order valence-electron chi connectivity index (χ1n) is 6.39. The maximum atomic E-state index is 11.9. The van der Waals surface area contributed by atoms with Gasteiger partial charge in [-0.3, -0.25) is 14.6 Å². The zero-order valence-corrected chi connectivity index (χ0v) is 11.9. The third-order valence-electron chi connectivity index (χ3n) is 3.07. The summed E-state index contributed by atoms with van der Waals surface area (Å²) in [7, 11) is 0. The van der Waals surface area contributed by atoms with Gasteiger partial charge in [0.15, 0.2) is 5.17 Å². The minimum atomic E-state index is -1.23. The molecule has 2 aliphatic rings. The van der Waals surface area contributed by atoms with E-state index < -0.39 is 23.9 Å². The van der Waals surface area contributed by atoms with E-state index in [0.29, 0.717) is 6.54 Å². The number of aliphatic imine (C=N–C) groups is 1. The summed E-state index contributed by atoms with van der Waals surface area (Å²) in [6, 6.07) is -1.19. The van der Waals surface area contributed by atoms with Gasteiger partial charge >= 0.3 is 11.9 Å². The summed E-state index contributed by atoms with van der Waals surface area (Å²) in [5.74, 6) is -2.76. The molecule has 114 valence electrons. The van der Waals surface area contributed by atoms with Gasteiger partial charge in [0, 0.05) is 18.7 Å². The molecule has 0 aromatic heterocycles.